The van der Waals surface area contributed by atoms with E-state index in [1.54, 1.807) is 6.34 Å². The molecular formula is C6H13N3. The predicted molar refractivity (Wildman–Crippen MR) is 38.3 cm³/mol. The highest BCUT2D eigenvalue weighted by molar-refractivity contribution is 5.53. The molecule has 0 radical (unpaired) electrons. The Morgan fingerprint density at radius 3 is 3.22 bits per heavy atom. The van der Waals surface area contributed by atoms with Gasteiger partial charge in [-0.25, -0.2) is 5.43 Å². The molecule has 9 heavy (non-hydrogen) atoms. The van der Waals surface area contributed by atoms with E-state index < -0.39 is 0 Å². The predicted octanol–water partition coefficient (Wildman–Crippen LogP) is 0.293. The van der Waals surface area contributed by atoms with Crippen molar-refractivity contribution in [2.45, 2.75) is 19.3 Å². The van der Waals surface area contributed by atoms with Crippen LogP contribution in [0.4, 0.5) is 0 Å². The number of rotatable bonds is 0. The van der Waals surface area contributed by atoms with Crippen LogP contribution in [0.5, 0.6) is 0 Å². The molecule has 0 aromatic carbocycles. The van der Waals surface area contributed by atoms with Gasteiger partial charge in [0, 0.05) is 13.1 Å². The Labute approximate surface area is 55.5 Å². The third-order valence-electron chi connectivity index (χ3n) is 1.35. The molecule has 52 valence electrons. The molecule has 0 aromatic heterocycles. The average molecular weight is 127 g/mol. The fourth-order valence-electron chi connectivity index (χ4n) is 0.821. The van der Waals surface area contributed by atoms with E-state index in [9.17, 15) is 0 Å². The van der Waals surface area contributed by atoms with Gasteiger partial charge in [-0.15, -0.1) is 0 Å². The van der Waals surface area contributed by atoms with Gasteiger partial charge in [-0.05, 0) is 12.8 Å². The lowest BCUT2D eigenvalue weighted by Gasteiger charge is -1.98. The molecule has 0 amide bonds. The van der Waals surface area contributed by atoms with Crippen LogP contribution in [-0.4, -0.2) is 19.4 Å². The lowest BCUT2D eigenvalue weighted by molar-refractivity contribution is 0.602. The second-order valence-corrected chi connectivity index (χ2v) is 2.17. The first-order valence-electron chi connectivity index (χ1n) is 3.47. The minimum absolute atomic E-state index is 0.967. The lowest BCUT2D eigenvalue weighted by Crippen LogP contribution is -2.30. The molecule has 0 saturated heterocycles. The van der Waals surface area contributed by atoms with E-state index in [-0.39, 0.29) is 0 Å². The zero-order chi connectivity index (χ0) is 6.36. The van der Waals surface area contributed by atoms with Gasteiger partial charge in [0.15, 0.2) is 0 Å². The fourth-order valence-corrected chi connectivity index (χ4v) is 0.821. The first-order chi connectivity index (χ1) is 4.50. The number of nitrogens with zero attached hydrogens (tertiary/aromatic N) is 1. The third kappa shape index (κ3) is 3.08. The van der Waals surface area contributed by atoms with Gasteiger partial charge in [-0.3, -0.25) is 4.99 Å². The van der Waals surface area contributed by atoms with E-state index in [1.165, 1.54) is 19.3 Å². The fraction of sp³-hybridized carbons (Fsp3) is 0.833. The molecule has 1 rings (SSSR count). The molecule has 1 aliphatic rings. The average Bonchev–Trinajstić information content (AvgIpc) is 2.00. The maximum Gasteiger partial charge on any atom is 0.0966 e. The first kappa shape index (κ1) is 6.55. The van der Waals surface area contributed by atoms with Gasteiger partial charge in [0.2, 0.25) is 0 Å². The Morgan fingerprint density at radius 2 is 2.22 bits per heavy atom. The summed E-state index contributed by atoms with van der Waals surface area (Å²) in [4.78, 5) is 4.09. The van der Waals surface area contributed by atoms with Crippen molar-refractivity contribution in [2.24, 2.45) is 4.99 Å². The summed E-state index contributed by atoms with van der Waals surface area (Å²) in [5.41, 5.74) is 5.91. The van der Waals surface area contributed by atoms with Crippen molar-refractivity contribution in [1.82, 2.24) is 10.9 Å². The molecule has 1 aliphatic heterocycles. The Morgan fingerprint density at radius 1 is 1.22 bits per heavy atom. The van der Waals surface area contributed by atoms with Gasteiger partial charge >= 0.3 is 0 Å². The van der Waals surface area contributed by atoms with Crippen LogP contribution in [0.15, 0.2) is 4.99 Å². The zero-order valence-corrected chi connectivity index (χ0v) is 5.56. The third-order valence-corrected chi connectivity index (χ3v) is 1.35. The van der Waals surface area contributed by atoms with Gasteiger partial charge in [-0.1, -0.05) is 6.42 Å². The van der Waals surface area contributed by atoms with Gasteiger partial charge < -0.3 is 5.43 Å². The van der Waals surface area contributed by atoms with Crippen molar-refractivity contribution < 1.29 is 0 Å². The SMILES string of the molecule is C1=NCCCCCNN1. The molecule has 0 saturated carbocycles. The van der Waals surface area contributed by atoms with E-state index >= 15 is 0 Å². The summed E-state index contributed by atoms with van der Waals surface area (Å²) < 4.78 is 0. The zero-order valence-electron chi connectivity index (χ0n) is 5.56. The molecule has 0 aromatic rings. The van der Waals surface area contributed by atoms with E-state index in [1.807, 2.05) is 0 Å². The molecule has 0 spiro atoms. The van der Waals surface area contributed by atoms with E-state index in [4.69, 9.17) is 0 Å². The summed E-state index contributed by atoms with van der Waals surface area (Å²) in [5.74, 6) is 0. The van der Waals surface area contributed by atoms with E-state index in [2.05, 4.69) is 15.8 Å². The number of nitrogens with one attached hydrogen (secondary N) is 2. The number of hydrogen-bond donors (Lipinski definition) is 2. The maximum atomic E-state index is 4.09. The van der Waals surface area contributed by atoms with Crippen LogP contribution >= 0.6 is 0 Å². The molecule has 2 N–H and O–H groups in total. The topological polar surface area (TPSA) is 36.4 Å². The summed E-state index contributed by atoms with van der Waals surface area (Å²) in [5, 5.41) is 0. The summed E-state index contributed by atoms with van der Waals surface area (Å²) in [6, 6.07) is 0. The molecule has 0 atom stereocenters. The molecule has 0 aliphatic carbocycles. The molecule has 3 heteroatoms. The van der Waals surface area contributed by atoms with Crippen LogP contribution in [0.2, 0.25) is 0 Å². The minimum Gasteiger partial charge on any atom is -0.312 e. The monoisotopic (exact) mass is 127 g/mol. The lowest BCUT2D eigenvalue weighted by atomic mass is 10.2. The Hall–Kier alpha value is -0.570. The van der Waals surface area contributed by atoms with Crippen LogP contribution in [-0.2, 0) is 0 Å². The van der Waals surface area contributed by atoms with Crippen LogP contribution in [0.1, 0.15) is 19.3 Å². The van der Waals surface area contributed by atoms with E-state index in [0.29, 0.717) is 0 Å². The molecule has 3 nitrogen and oxygen atoms in total. The second-order valence-electron chi connectivity index (χ2n) is 2.17. The second kappa shape index (κ2) is 4.32. The van der Waals surface area contributed by atoms with Gasteiger partial charge in [0.1, 0.15) is 0 Å². The van der Waals surface area contributed by atoms with Crippen LogP contribution in [0.25, 0.3) is 0 Å². The van der Waals surface area contributed by atoms with Crippen molar-refractivity contribution in [3.63, 3.8) is 0 Å². The highest BCUT2D eigenvalue weighted by Gasteiger charge is 1.89. The number of hydrogen-bond acceptors (Lipinski definition) is 3. The van der Waals surface area contributed by atoms with Gasteiger partial charge in [0.05, 0.1) is 6.34 Å². The Balaban J connectivity index is 2.15. The van der Waals surface area contributed by atoms with Crippen molar-refractivity contribution in [1.29, 1.82) is 0 Å². The smallest absolute Gasteiger partial charge is 0.0966 e. The van der Waals surface area contributed by atoms with Crippen molar-refractivity contribution >= 4 is 6.34 Å². The van der Waals surface area contributed by atoms with Crippen molar-refractivity contribution in [2.75, 3.05) is 13.1 Å². The number of aliphatic imine (C=N–C) groups is 1. The van der Waals surface area contributed by atoms with Crippen LogP contribution in [0, 0.1) is 0 Å². The first-order valence-corrected chi connectivity index (χ1v) is 3.47. The van der Waals surface area contributed by atoms with Crippen molar-refractivity contribution in [3.05, 3.63) is 0 Å². The molecule has 0 fully saturated rings. The summed E-state index contributed by atoms with van der Waals surface area (Å²) in [6.07, 6.45) is 5.48. The quantitative estimate of drug-likeness (QED) is 0.491. The standard InChI is InChI=1S/C6H13N3/c1-2-4-7-6-9-8-5-3-1/h6,8H,1-5H2,(H,7,9). The number of hydrazine groups is 1. The Kier molecular flexibility index (Phi) is 3.15. The molecule has 0 unspecified atom stereocenters. The molecule has 1 heterocycles. The summed E-state index contributed by atoms with van der Waals surface area (Å²) in [7, 11) is 0. The Bertz CT molecular complexity index is 80.3. The van der Waals surface area contributed by atoms with Crippen molar-refractivity contribution in [3.8, 4) is 0 Å². The molecule has 0 bridgehead atoms. The van der Waals surface area contributed by atoms with Gasteiger partial charge in [0.25, 0.3) is 0 Å². The largest absolute Gasteiger partial charge is 0.312 e. The normalized spacial score (nSPS) is 21.3. The highest BCUT2D eigenvalue weighted by Crippen LogP contribution is 1.93. The van der Waals surface area contributed by atoms with Crippen LogP contribution < -0.4 is 10.9 Å². The van der Waals surface area contributed by atoms with Crippen LogP contribution in [0.3, 0.4) is 0 Å². The maximum absolute atomic E-state index is 4.09. The minimum atomic E-state index is 0.967. The summed E-state index contributed by atoms with van der Waals surface area (Å²) in [6.45, 7) is 2.01. The highest BCUT2D eigenvalue weighted by atomic mass is 15.4. The van der Waals surface area contributed by atoms with E-state index in [0.717, 1.165) is 13.1 Å². The summed E-state index contributed by atoms with van der Waals surface area (Å²) >= 11 is 0. The van der Waals surface area contributed by atoms with Gasteiger partial charge in [-0.2, -0.15) is 0 Å². The molecular weight excluding hydrogens is 114 g/mol.